The second kappa shape index (κ2) is 7.17. The molecule has 0 aromatic carbocycles. The number of carbonyl (C=O) groups is 3. The van der Waals surface area contributed by atoms with Crippen LogP contribution in [0.4, 0.5) is 0 Å². The first-order chi connectivity index (χ1) is 14.5. The summed E-state index contributed by atoms with van der Waals surface area (Å²) in [6.45, 7) is 12.4. The lowest BCUT2D eigenvalue weighted by molar-refractivity contribution is -0.363. The fraction of sp³-hybridized carbons (Fsp3) is 0.783. The van der Waals surface area contributed by atoms with Gasteiger partial charge in [0.15, 0.2) is 17.3 Å². The average Bonchev–Trinajstić information content (AvgIpc) is 2.70. The zero-order valence-electron chi connectivity index (χ0n) is 19.4. The molecule has 180 valence electrons. The number of rotatable bonds is 3. The predicted octanol–water partition coefficient (Wildman–Crippen LogP) is 0.0598. The minimum atomic E-state index is -2.65. The molecule has 3 rings (SSSR count). The number of hydrogen-bond acceptors (Lipinski definition) is 9. The molecule has 0 aromatic rings. The molecule has 9 atom stereocenters. The first-order valence-corrected chi connectivity index (χ1v) is 10.9. The third-order valence-electron chi connectivity index (χ3n) is 8.32. The highest BCUT2D eigenvalue weighted by molar-refractivity contribution is 6.44. The first-order valence-electron chi connectivity index (χ1n) is 10.9. The third-order valence-corrected chi connectivity index (χ3v) is 8.32. The molecule has 0 amide bonds. The number of fused-ring (bicyclic) bond motifs is 3. The normalized spacial score (nSPS) is 48.9. The van der Waals surface area contributed by atoms with Crippen LogP contribution in [0.3, 0.4) is 0 Å². The van der Waals surface area contributed by atoms with Crippen molar-refractivity contribution in [2.24, 2.45) is 16.7 Å². The maximum atomic E-state index is 13.6. The molecule has 2 aliphatic carbocycles. The van der Waals surface area contributed by atoms with Gasteiger partial charge in [-0.25, -0.2) is 4.79 Å². The summed E-state index contributed by atoms with van der Waals surface area (Å²) in [6.07, 6.45) is -4.17. The van der Waals surface area contributed by atoms with Crippen molar-refractivity contribution < 1.29 is 44.3 Å². The van der Waals surface area contributed by atoms with E-state index < -0.39 is 75.5 Å². The van der Waals surface area contributed by atoms with Gasteiger partial charge in [0.25, 0.3) is 0 Å². The second-order valence-electron chi connectivity index (χ2n) is 10.7. The Morgan fingerprint density at radius 2 is 1.75 bits per heavy atom. The number of ether oxygens (including phenoxy) is 2. The van der Waals surface area contributed by atoms with Gasteiger partial charge < -0.3 is 29.9 Å². The van der Waals surface area contributed by atoms with Gasteiger partial charge in [0.2, 0.25) is 11.6 Å². The topological polar surface area (TPSA) is 151 Å². The molecule has 0 radical (unpaired) electrons. The van der Waals surface area contributed by atoms with E-state index in [1.54, 1.807) is 0 Å². The van der Waals surface area contributed by atoms with E-state index >= 15 is 0 Å². The Hall–Kier alpha value is -1.65. The lowest BCUT2D eigenvalue weighted by Gasteiger charge is -2.70. The van der Waals surface area contributed by atoms with Crippen LogP contribution in [0.1, 0.15) is 54.4 Å². The quantitative estimate of drug-likeness (QED) is 0.264. The van der Waals surface area contributed by atoms with Crippen molar-refractivity contribution >= 4 is 17.5 Å². The van der Waals surface area contributed by atoms with Crippen LogP contribution in [-0.2, 0) is 23.9 Å². The molecule has 0 bridgehead atoms. The molecule has 9 heteroatoms. The zero-order valence-corrected chi connectivity index (χ0v) is 19.4. The van der Waals surface area contributed by atoms with E-state index in [0.717, 1.165) is 6.08 Å². The zero-order chi connectivity index (χ0) is 24.7. The van der Waals surface area contributed by atoms with Crippen LogP contribution in [-0.4, -0.2) is 79.2 Å². The third kappa shape index (κ3) is 2.78. The largest absolute Gasteiger partial charge is 0.454 e. The minimum Gasteiger partial charge on any atom is -0.454 e. The summed E-state index contributed by atoms with van der Waals surface area (Å²) in [5.74, 6) is -4.32. The molecule has 1 unspecified atom stereocenters. The van der Waals surface area contributed by atoms with Crippen molar-refractivity contribution in [2.45, 2.75) is 95.6 Å². The van der Waals surface area contributed by atoms with Gasteiger partial charge in [-0.2, -0.15) is 0 Å². The summed E-state index contributed by atoms with van der Waals surface area (Å²) in [4.78, 5) is 39.1. The first kappa shape index (κ1) is 25.0. The molecule has 0 spiro atoms. The van der Waals surface area contributed by atoms with Crippen LogP contribution in [0.15, 0.2) is 12.7 Å². The maximum Gasteiger partial charge on any atom is 0.335 e. The predicted molar refractivity (Wildman–Crippen MR) is 111 cm³/mol. The number of hydrogen-bond donors (Lipinski definition) is 4. The van der Waals surface area contributed by atoms with Crippen LogP contribution in [0.25, 0.3) is 0 Å². The number of ketones is 2. The van der Waals surface area contributed by atoms with Crippen molar-refractivity contribution in [3.8, 4) is 0 Å². The molecule has 9 nitrogen and oxygen atoms in total. The average molecular weight is 455 g/mol. The van der Waals surface area contributed by atoms with Gasteiger partial charge >= 0.3 is 5.97 Å². The Labute approximate surface area is 187 Å². The SMILES string of the molecule is C=C[C@]1(C)O[C@]2(C)[C@@H](OC(=O)C(C)O)[C@@H](O)[C@H]3C(C)(C)CC[C@H](O)[C@]3(C)[C@@]2(O)C(=O)C1=O. The van der Waals surface area contributed by atoms with E-state index in [-0.39, 0.29) is 6.42 Å². The fourth-order valence-corrected chi connectivity index (χ4v) is 6.53. The lowest BCUT2D eigenvalue weighted by Crippen LogP contribution is -2.88. The van der Waals surface area contributed by atoms with Gasteiger partial charge in [-0.15, -0.1) is 0 Å². The van der Waals surface area contributed by atoms with Gasteiger partial charge in [0.05, 0.1) is 12.2 Å². The maximum absolute atomic E-state index is 13.6. The molecule has 3 aliphatic rings. The number of esters is 1. The van der Waals surface area contributed by atoms with Crippen LogP contribution in [0, 0.1) is 16.7 Å². The molecular weight excluding hydrogens is 420 g/mol. The lowest BCUT2D eigenvalue weighted by atomic mass is 9.39. The molecule has 3 fully saturated rings. The monoisotopic (exact) mass is 454 g/mol. The van der Waals surface area contributed by atoms with Crippen LogP contribution < -0.4 is 0 Å². The highest BCUT2D eigenvalue weighted by atomic mass is 16.6. The molecule has 1 aliphatic heterocycles. The molecule has 1 heterocycles. The highest BCUT2D eigenvalue weighted by Crippen LogP contribution is 2.66. The molecule has 1 saturated heterocycles. The number of aliphatic hydroxyl groups excluding tert-OH is 3. The molecule has 4 N–H and O–H groups in total. The Kier molecular flexibility index (Phi) is 5.60. The van der Waals surface area contributed by atoms with E-state index in [1.165, 1.54) is 27.7 Å². The van der Waals surface area contributed by atoms with Gasteiger partial charge in [-0.05, 0) is 39.0 Å². The summed E-state index contributed by atoms with van der Waals surface area (Å²) < 4.78 is 11.5. The van der Waals surface area contributed by atoms with E-state index in [2.05, 4.69) is 6.58 Å². The summed E-state index contributed by atoms with van der Waals surface area (Å²) >= 11 is 0. The van der Waals surface area contributed by atoms with Gasteiger partial charge in [-0.3, -0.25) is 9.59 Å². The molecule has 32 heavy (non-hydrogen) atoms. The van der Waals surface area contributed by atoms with E-state index in [4.69, 9.17) is 9.47 Å². The van der Waals surface area contributed by atoms with Crippen LogP contribution >= 0.6 is 0 Å². The minimum absolute atomic E-state index is 0.212. The van der Waals surface area contributed by atoms with Gasteiger partial charge in [0, 0.05) is 11.3 Å². The van der Waals surface area contributed by atoms with Crippen molar-refractivity contribution in [1.82, 2.24) is 0 Å². The summed E-state index contributed by atoms with van der Waals surface area (Å²) in [7, 11) is 0. The van der Waals surface area contributed by atoms with Crippen molar-refractivity contribution in [3.05, 3.63) is 12.7 Å². The highest BCUT2D eigenvalue weighted by Gasteiger charge is 2.83. The van der Waals surface area contributed by atoms with Gasteiger partial charge in [0.1, 0.15) is 11.7 Å². The van der Waals surface area contributed by atoms with Crippen LogP contribution in [0.5, 0.6) is 0 Å². The molecule has 0 aromatic heterocycles. The van der Waals surface area contributed by atoms with E-state index in [1.807, 2.05) is 13.8 Å². The van der Waals surface area contributed by atoms with Gasteiger partial charge in [-0.1, -0.05) is 33.4 Å². The number of aliphatic hydroxyl groups is 4. The number of carbonyl (C=O) groups excluding carboxylic acids is 3. The van der Waals surface area contributed by atoms with Crippen molar-refractivity contribution in [1.29, 1.82) is 0 Å². The standard InChI is InChI=1S/C23H34O9/c1-8-20(5)15(27)16(28)23(30)21(6)12(25)9-10-19(3,4)14(21)13(26)17(22(23,7)32-20)31-18(29)11(2)24/h8,11-14,17,24-26,30H,1,9-10H2,2-7H3/t11?,12-,13-,14-,17-,20-,21-,22+,23-/m0/s1. The Balaban J connectivity index is 2.36. The summed E-state index contributed by atoms with van der Waals surface area (Å²) in [5, 5.41) is 44.5. The Morgan fingerprint density at radius 1 is 1.19 bits per heavy atom. The summed E-state index contributed by atoms with van der Waals surface area (Å²) in [6, 6.07) is 0. The van der Waals surface area contributed by atoms with Crippen molar-refractivity contribution in [2.75, 3.05) is 0 Å². The summed E-state index contributed by atoms with van der Waals surface area (Å²) in [5.41, 5.74) is -9.10. The van der Waals surface area contributed by atoms with Crippen molar-refractivity contribution in [3.63, 3.8) is 0 Å². The van der Waals surface area contributed by atoms with E-state index in [9.17, 15) is 34.8 Å². The smallest absolute Gasteiger partial charge is 0.335 e. The number of Topliss-reactive ketones (excluding diaryl/α,β-unsaturated/α-hetero) is 2. The Morgan fingerprint density at radius 3 is 2.25 bits per heavy atom. The fourth-order valence-electron chi connectivity index (χ4n) is 6.53. The van der Waals surface area contributed by atoms with E-state index in [0.29, 0.717) is 6.42 Å². The second-order valence-corrected chi connectivity index (χ2v) is 10.7. The molecular formula is C23H34O9. The molecule has 2 saturated carbocycles. The van der Waals surface area contributed by atoms with Crippen LogP contribution in [0.2, 0.25) is 0 Å². The Bertz CT molecular complexity index is 866.